The van der Waals surface area contributed by atoms with Crippen molar-refractivity contribution in [1.82, 2.24) is 9.79 Å². The molecule has 2 unspecified atom stereocenters. The summed E-state index contributed by atoms with van der Waals surface area (Å²) in [7, 11) is -2.63. The van der Waals surface area contributed by atoms with Crippen LogP contribution >= 0.6 is 11.3 Å². The Hall–Kier alpha value is -1.98. The summed E-state index contributed by atoms with van der Waals surface area (Å²) >= 11 is 1.33. The number of ether oxygens (including phenoxy) is 1. The smallest absolute Gasteiger partial charge is 0.262 e. The van der Waals surface area contributed by atoms with E-state index in [1.165, 1.54) is 48.2 Å². The Balaban J connectivity index is 2.04. The average molecular weight is 398 g/mol. The van der Waals surface area contributed by atoms with E-state index in [4.69, 9.17) is 9.94 Å². The summed E-state index contributed by atoms with van der Waals surface area (Å²) in [4.78, 5) is 12.9. The van der Waals surface area contributed by atoms with Crippen molar-refractivity contribution >= 4 is 27.3 Å². The summed E-state index contributed by atoms with van der Waals surface area (Å²) in [6.07, 6.45) is -1.01. The molecule has 26 heavy (non-hydrogen) atoms. The predicted molar refractivity (Wildman–Crippen MR) is 93.6 cm³/mol. The minimum Gasteiger partial charge on any atom is -0.497 e. The summed E-state index contributed by atoms with van der Waals surface area (Å²) in [6, 6.07) is 6.27. The van der Waals surface area contributed by atoms with Crippen molar-refractivity contribution in [3.05, 3.63) is 46.2 Å². The fourth-order valence-corrected chi connectivity index (χ4v) is 5.50. The van der Waals surface area contributed by atoms with Gasteiger partial charge in [-0.1, -0.05) is 0 Å². The average Bonchev–Trinajstić information content (AvgIpc) is 3.06. The van der Waals surface area contributed by atoms with E-state index in [1.807, 2.05) is 0 Å². The molecule has 0 bridgehead atoms. The van der Waals surface area contributed by atoms with Crippen molar-refractivity contribution in [2.24, 2.45) is 0 Å². The van der Waals surface area contributed by atoms with Crippen LogP contribution in [0.2, 0.25) is 0 Å². The van der Waals surface area contributed by atoms with Crippen molar-refractivity contribution in [3.63, 3.8) is 0 Å². The quantitative estimate of drug-likeness (QED) is 0.521. The van der Waals surface area contributed by atoms with Gasteiger partial charge in [-0.25, -0.2) is 13.9 Å². The van der Waals surface area contributed by atoms with Gasteiger partial charge in [0.25, 0.3) is 5.91 Å². The highest BCUT2D eigenvalue weighted by atomic mass is 32.2. The molecule has 0 spiro atoms. The molecule has 0 aliphatic carbocycles. The number of aliphatic hydroxyl groups is 1. The number of methoxy groups -OCH3 is 1. The van der Waals surface area contributed by atoms with Gasteiger partial charge in [0.15, 0.2) is 0 Å². The van der Waals surface area contributed by atoms with E-state index in [9.17, 15) is 18.3 Å². The number of hydroxylamine groups is 1. The van der Waals surface area contributed by atoms with Gasteiger partial charge in [-0.3, -0.25) is 10.0 Å². The van der Waals surface area contributed by atoms with Crippen molar-refractivity contribution in [2.45, 2.75) is 23.5 Å². The second-order valence-corrected chi connectivity index (χ2v) is 8.65. The maximum absolute atomic E-state index is 13.1. The molecule has 0 fully saturated rings. The topological polar surface area (TPSA) is 116 Å². The van der Waals surface area contributed by atoms with E-state index in [0.29, 0.717) is 16.2 Å². The van der Waals surface area contributed by atoms with Crippen LogP contribution in [0, 0.1) is 0 Å². The molecule has 2 aromatic rings. The third kappa shape index (κ3) is 3.33. The summed E-state index contributed by atoms with van der Waals surface area (Å²) in [5, 5.41) is 21.3. The first kappa shape index (κ1) is 18.8. The van der Waals surface area contributed by atoms with Crippen LogP contribution in [0.5, 0.6) is 5.75 Å². The van der Waals surface area contributed by atoms with E-state index in [1.54, 1.807) is 11.4 Å². The third-order valence-corrected chi connectivity index (χ3v) is 7.14. The lowest BCUT2D eigenvalue weighted by Crippen LogP contribution is -2.50. The van der Waals surface area contributed by atoms with Crippen LogP contribution < -0.4 is 10.2 Å². The maximum Gasteiger partial charge on any atom is 0.262 e. The van der Waals surface area contributed by atoms with Gasteiger partial charge >= 0.3 is 0 Å². The third-order valence-electron chi connectivity index (χ3n) is 4.30. The molecule has 1 aromatic carbocycles. The normalized spacial score (nSPS) is 20.9. The highest BCUT2D eigenvalue weighted by Crippen LogP contribution is 2.33. The lowest BCUT2D eigenvalue weighted by Gasteiger charge is -2.28. The number of thiophene rings is 1. The van der Waals surface area contributed by atoms with Gasteiger partial charge < -0.3 is 9.84 Å². The molecule has 10 heteroatoms. The van der Waals surface area contributed by atoms with Crippen molar-refractivity contribution < 1.29 is 28.3 Å². The number of β-amino-alcohol motifs (C(OH)–C–C–N with tert-alkyl or cyclic N) is 1. The zero-order valence-corrected chi connectivity index (χ0v) is 15.5. The number of hydrogen-bond donors (Lipinski definition) is 3. The number of benzene rings is 1. The molecule has 0 saturated heterocycles. The van der Waals surface area contributed by atoms with Crippen LogP contribution in [0.15, 0.2) is 40.6 Å². The predicted octanol–water partition coefficient (Wildman–Crippen LogP) is 0.911. The number of aliphatic hydroxyl groups excluding tert-OH is 1. The van der Waals surface area contributed by atoms with Crippen LogP contribution in [0.25, 0.3) is 0 Å². The molecule has 8 nitrogen and oxygen atoms in total. The summed E-state index contributed by atoms with van der Waals surface area (Å²) in [5.41, 5.74) is 2.13. The van der Waals surface area contributed by atoms with Crippen molar-refractivity contribution in [2.75, 3.05) is 13.7 Å². The Bertz CT molecular complexity index is 894. The number of hydrogen-bond acceptors (Lipinski definition) is 7. The van der Waals surface area contributed by atoms with Crippen LogP contribution in [-0.2, 0) is 21.2 Å². The molecule has 0 saturated carbocycles. The SMILES string of the molecule is COc1ccc(S(=O)(=O)N2CC(O)c3ccsc3CC2C(=O)NO)cc1. The van der Waals surface area contributed by atoms with Crippen LogP contribution in [-0.4, -0.2) is 48.6 Å². The largest absolute Gasteiger partial charge is 0.497 e. The lowest BCUT2D eigenvalue weighted by molar-refractivity contribution is -0.133. The molecule has 140 valence electrons. The molecule has 1 aliphatic heterocycles. The molecule has 1 aliphatic rings. The minimum atomic E-state index is -4.09. The van der Waals surface area contributed by atoms with E-state index < -0.39 is 28.1 Å². The first-order chi connectivity index (χ1) is 12.4. The molecule has 3 rings (SSSR count). The van der Waals surface area contributed by atoms with Crippen LogP contribution in [0.3, 0.4) is 0 Å². The van der Waals surface area contributed by atoms with Crippen molar-refractivity contribution in [3.8, 4) is 5.75 Å². The van der Waals surface area contributed by atoms with Crippen LogP contribution in [0.1, 0.15) is 16.5 Å². The second-order valence-electron chi connectivity index (χ2n) is 5.76. The summed E-state index contributed by atoms with van der Waals surface area (Å²) < 4.78 is 32.2. The Morgan fingerprint density at radius 2 is 2.00 bits per heavy atom. The molecule has 0 radical (unpaired) electrons. The molecule has 2 heterocycles. The molecular formula is C16H18N2O6S2. The molecule has 3 N–H and O–H groups in total. The van der Waals surface area contributed by atoms with Gasteiger partial charge in [-0.15, -0.1) is 11.3 Å². The summed E-state index contributed by atoms with van der Waals surface area (Å²) in [5.74, 6) is -0.359. The molecule has 1 aromatic heterocycles. The summed E-state index contributed by atoms with van der Waals surface area (Å²) in [6.45, 7) is -0.295. The van der Waals surface area contributed by atoms with Gasteiger partial charge in [0.1, 0.15) is 11.8 Å². The van der Waals surface area contributed by atoms with Gasteiger partial charge in [0.2, 0.25) is 10.0 Å². The number of fused-ring (bicyclic) bond motifs is 1. The first-order valence-electron chi connectivity index (χ1n) is 7.72. The number of nitrogens with one attached hydrogen (secondary N) is 1. The Kier molecular flexibility index (Phi) is 5.30. The second kappa shape index (κ2) is 7.33. The van der Waals surface area contributed by atoms with E-state index in [-0.39, 0.29) is 17.9 Å². The highest BCUT2D eigenvalue weighted by molar-refractivity contribution is 7.89. The number of carbonyl (C=O) groups is 1. The number of sulfonamides is 1. The van der Waals surface area contributed by atoms with E-state index in [2.05, 4.69) is 0 Å². The standard InChI is InChI=1S/C16H18N2O6S2/c1-24-10-2-4-11(5-3-10)26(22,23)18-9-14(19)12-6-7-25-15(12)8-13(18)16(20)17-21/h2-7,13-14,19,21H,8-9H2,1H3,(H,17,20). The van der Waals surface area contributed by atoms with Gasteiger partial charge in [-0.2, -0.15) is 4.31 Å². The van der Waals surface area contributed by atoms with E-state index in [0.717, 1.165) is 4.31 Å². The zero-order valence-electron chi connectivity index (χ0n) is 13.8. The number of amides is 1. The fraction of sp³-hybridized carbons (Fsp3) is 0.312. The van der Waals surface area contributed by atoms with Gasteiger partial charge in [-0.05, 0) is 41.3 Å². The number of rotatable bonds is 4. The van der Waals surface area contributed by atoms with Crippen LogP contribution in [0.4, 0.5) is 0 Å². The number of carbonyl (C=O) groups excluding carboxylic acids is 1. The monoisotopic (exact) mass is 398 g/mol. The zero-order chi connectivity index (χ0) is 18.9. The van der Waals surface area contributed by atoms with Gasteiger partial charge in [0, 0.05) is 17.8 Å². The minimum absolute atomic E-state index is 0.0357. The Morgan fingerprint density at radius 1 is 1.31 bits per heavy atom. The molecule has 1 amide bonds. The lowest BCUT2D eigenvalue weighted by atomic mass is 10.1. The molecular weight excluding hydrogens is 380 g/mol. The number of nitrogens with zero attached hydrogens (tertiary/aromatic N) is 1. The van der Waals surface area contributed by atoms with Gasteiger partial charge in [0.05, 0.1) is 18.1 Å². The Morgan fingerprint density at radius 3 is 2.62 bits per heavy atom. The highest BCUT2D eigenvalue weighted by Gasteiger charge is 2.40. The fourth-order valence-electron chi connectivity index (χ4n) is 2.93. The Labute approximate surface area is 154 Å². The maximum atomic E-state index is 13.1. The first-order valence-corrected chi connectivity index (χ1v) is 10.0. The molecule has 2 atom stereocenters. The van der Waals surface area contributed by atoms with Crippen molar-refractivity contribution in [1.29, 1.82) is 0 Å². The van der Waals surface area contributed by atoms with E-state index >= 15 is 0 Å².